The first-order valence-electron chi connectivity index (χ1n) is 8.35. The molecule has 1 aromatic carbocycles. The normalized spacial score (nSPS) is 15.4. The van der Waals surface area contributed by atoms with Crippen LogP contribution in [0.15, 0.2) is 48.8 Å². The molecule has 24 heavy (non-hydrogen) atoms. The van der Waals surface area contributed by atoms with Crippen molar-refractivity contribution in [2.75, 3.05) is 13.6 Å². The molecule has 3 rings (SSSR count). The highest BCUT2D eigenvalue weighted by molar-refractivity contribution is 5.74. The summed E-state index contributed by atoms with van der Waals surface area (Å²) in [6.07, 6.45) is 10.0. The van der Waals surface area contributed by atoms with Crippen LogP contribution in [0.25, 0.3) is 6.08 Å². The van der Waals surface area contributed by atoms with Crippen LogP contribution in [0.4, 0.5) is 4.79 Å². The van der Waals surface area contributed by atoms with Crippen LogP contribution in [-0.2, 0) is 7.05 Å². The Kier molecular flexibility index (Phi) is 4.99. The summed E-state index contributed by atoms with van der Waals surface area (Å²) in [6, 6.07) is 10.0. The van der Waals surface area contributed by atoms with Gasteiger partial charge in [0.2, 0.25) is 0 Å². The van der Waals surface area contributed by atoms with Crippen molar-refractivity contribution in [2.45, 2.75) is 18.9 Å². The Morgan fingerprint density at radius 1 is 1.42 bits per heavy atom. The van der Waals surface area contributed by atoms with Crippen molar-refractivity contribution in [1.82, 2.24) is 19.8 Å². The fourth-order valence-electron chi connectivity index (χ4n) is 2.74. The molecule has 2 amide bonds. The highest BCUT2D eigenvalue weighted by Crippen LogP contribution is 2.40. The topological polar surface area (TPSA) is 50.2 Å². The zero-order valence-corrected chi connectivity index (χ0v) is 14.2. The maximum atomic E-state index is 12.5. The third-order valence-corrected chi connectivity index (χ3v) is 4.34. The third kappa shape index (κ3) is 4.04. The fourth-order valence-corrected chi connectivity index (χ4v) is 2.74. The minimum atomic E-state index is -0.0624. The standard InChI is InChI=1S/C19H24N4O/c1-22-14-12-20-18(22)17(16-10-11-16)21-19(24)23(2)13-6-9-15-7-4-3-5-8-15/h3-9,12,14,16-17H,10-11,13H2,1-2H3,(H,21,24)/b9-6+/t17-/m0/s1. The van der Waals surface area contributed by atoms with Crippen molar-refractivity contribution >= 4 is 12.1 Å². The van der Waals surface area contributed by atoms with Crippen LogP contribution in [-0.4, -0.2) is 34.1 Å². The Hall–Kier alpha value is -2.56. The summed E-state index contributed by atoms with van der Waals surface area (Å²) in [6.45, 7) is 0.568. The molecule has 1 fully saturated rings. The predicted molar refractivity (Wildman–Crippen MR) is 95.3 cm³/mol. The fraction of sp³-hybridized carbons (Fsp3) is 0.368. The van der Waals surface area contributed by atoms with Gasteiger partial charge in [0, 0.05) is 33.0 Å². The predicted octanol–water partition coefficient (Wildman–Crippen LogP) is 3.23. The van der Waals surface area contributed by atoms with Crippen LogP contribution in [0, 0.1) is 5.92 Å². The Morgan fingerprint density at radius 2 is 2.17 bits per heavy atom. The molecule has 1 saturated carbocycles. The molecule has 0 unspecified atom stereocenters. The first kappa shape index (κ1) is 16.3. The summed E-state index contributed by atoms with van der Waals surface area (Å²) >= 11 is 0. The molecule has 0 spiro atoms. The van der Waals surface area contributed by atoms with Gasteiger partial charge < -0.3 is 14.8 Å². The van der Waals surface area contributed by atoms with E-state index in [2.05, 4.69) is 10.3 Å². The minimum Gasteiger partial charge on any atom is -0.336 e. The number of aryl methyl sites for hydroxylation is 1. The maximum absolute atomic E-state index is 12.5. The molecule has 0 bridgehead atoms. The SMILES string of the molecule is CN(C/C=C/c1ccccc1)C(=O)N[C@H](c1nccn1C)C1CC1. The molecule has 0 saturated heterocycles. The zero-order valence-electron chi connectivity index (χ0n) is 14.2. The highest BCUT2D eigenvalue weighted by atomic mass is 16.2. The van der Waals surface area contributed by atoms with E-state index in [-0.39, 0.29) is 12.1 Å². The van der Waals surface area contributed by atoms with Gasteiger partial charge in [-0.3, -0.25) is 0 Å². The van der Waals surface area contributed by atoms with Crippen LogP contribution < -0.4 is 5.32 Å². The van der Waals surface area contributed by atoms with E-state index < -0.39 is 0 Å². The molecule has 1 heterocycles. The molecular formula is C19H24N4O. The summed E-state index contributed by atoms with van der Waals surface area (Å²) < 4.78 is 1.98. The number of rotatable bonds is 6. The summed E-state index contributed by atoms with van der Waals surface area (Å²) in [4.78, 5) is 18.6. The van der Waals surface area contributed by atoms with Crippen molar-refractivity contribution in [2.24, 2.45) is 13.0 Å². The lowest BCUT2D eigenvalue weighted by molar-refractivity contribution is 0.206. The summed E-state index contributed by atoms with van der Waals surface area (Å²) in [5.74, 6) is 1.43. The number of amides is 2. The number of hydrogen-bond acceptors (Lipinski definition) is 2. The van der Waals surface area contributed by atoms with Gasteiger partial charge in [0.15, 0.2) is 0 Å². The van der Waals surface area contributed by atoms with Gasteiger partial charge in [-0.2, -0.15) is 0 Å². The van der Waals surface area contributed by atoms with E-state index >= 15 is 0 Å². The smallest absolute Gasteiger partial charge is 0.318 e. The van der Waals surface area contributed by atoms with Crippen molar-refractivity contribution < 1.29 is 4.79 Å². The second-order valence-electron chi connectivity index (χ2n) is 6.35. The van der Waals surface area contributed by atoms with E-state index in [9.17, 15) is 4.79 Å². The van der Waals surface area contributed by atoms with E-state index in [1.54, 1.807) is 11.1 Å². The number of carbonyl (C=O) groups is 1. The van der Waals surface area contributed by atoms with Crippen molar-refractivity contribution in [1.29, 1.82) is 0 Å². The number of hydrogen-bond donors (Lipinski definition) is 1. The van der Waals surface area contributed by atoms with Crippen molar-refractivity contribution in [3.05, 3.63) is 60.2 Å². The van der Waals surface area contributed by atoms with Gasteiger partial charge in [-0.15, -0.1) is 0 Å². The van der Waals surface area contributed by atoms with Crippen LogP contribution in [0.1, 0.15) is 30.3 Å². The average Bonchev–Trinajstić information content (AvgIpc) is 3.35. The van der Waals surface area contributed by atoms with Gasteiger partial charge in [0.25, 0.3) is 0 Å². The Bertz CT molecular complexity index is 703. The van der Waals surface area contributed by atoms with Gasteiger partial charge in [-0.25, -0.2) is 9.78 Å². The number of benzene rings is 1. The number of aromatic nitrogens is 2. The number of nitrogens with one attached hydrogen (secondary N) is 1. The van der Waals surface area contributed by atoms with Gasteiger partial charge in [0.1, 0.15) is 5.82 Å². The molecule has 5 nitrogen and oxygen atoms in total. The molecule has 1 aliphatic rings. The van der Waals surface area contributed by atoms with Crippen LogP contribution in [0.5, 0.6) is 0 Å². The monoisotopic (exact) mass is 324 g/mol. The first-order chi connectivity index (χ1) is 11.6. The number of imidazole rings is 1. The first-order valence-corrected chi connectivity index (χ1v) is 8.35. The Balaban J connectivity index is 1.57. The minimum absolute atomic E-state index is 0.00180. The highest BCUT2D eigenvalue weighted by Gasteiger charge is 2.36. The molecule has 126 valence electrons. The van der Waals surface area contributed by atoms with E-state index in [4.69, 9.17) is 0 Å². The lowest BCUT2D eigenvalue weighted by Crippen LogP contribution is -2.40. The molecule has 0 aliphatic heterocycles. The molecule has 1 N–H and O–H groups in total. The summed E-state index contributed by atoms with van der Waals surface area (Å²) in [5, 5.41) is 3.14. The van der Waals surface area contributed by atoms with E-state index in [0.29, 0.717) is 12.5 Å². The van der Waals surface area contributed by atoms with E-state index in [1.807, 2.05) is 67.3 Å². The molecule has 0 radical (unpaired) electrons. The molecule has 1 aliphatic carbocycles. The summed E-state index contributed by atoms with van der Waals surface area (Å²) in [7, 11) is 3.78. The quantitative estimate of drug-likeness (QED) is 0.887. The Morgan fingerprint density at radius 3 is 2.79 bits per heavy atom. The third-order valence-electron chi connectivity index (χ3n) is 4.34. The van der Waals surface area contributed by atoms with Crippen LogP contribution >= 0.6 is 0 Å². The van der Waals surface area contributed by atoms with E-state index in [1.165, 1.54) is 0 Å². The molecule has 1 aromatic heterocycles. The maximum Gasteiger partial charge on any atom is 0.318 e. The second kappa shape index (κ2) is 7.34. The van der Waals surface area contributed by atoms with Crippen LogP contribution in [0.2, 0.25) is 0 Å². The number of nitrogens with zero attached hydrogens (tertiary/aromatic N) is 3. The van der Waals surface area contributed by atoms with Crippen molar-refractivity contribution in [3.8, 4) is 0 Å². The van der Waals surface area contributed by atoms with Gasteiger partial charge in [0.05, 0.1) is 6.04 Å². The van der Waals surface area contributed by atoms with Gasteiger partial charge >= 0.3 is 6.03 Å². The average molecular weight is 324 g/mol. The summed E-state index contributed by atoms with van der Waals surface area (Å²) in [5.41, 5.74) is 1.13. The molecule has 5 heteroatoms. The number of carbonyl (C=O) groups excluding carboxylic acids is 1. The molecular weight excluding hydrogens is 300 g/mol. The number of urea groups is 1. The van der Waals surface area contributed by atoms with Crippen molar-refractivity contribution in [3.63, 3.8) is 0 Å². The molecule has 2 aromatic rings. The lowest BCUT2D eigenvalue weighted by Gasteiger charge is -2.22. The van der Waals surface area contributed by atoms with Gasteiger partial charge in [-0.1, -0.05) is 42.5 Å². The largest absolute Gasteiger partial charge is 0.336 e. The van der Waals surface area contributed by atoms with Crippen LogP contribution in [0.3, 0.4) is 0 Å². The van der Waals surface area contributed by atoms with E-state index in [0.717, 1.165) is 24.2 Å². The Labute approximate surface area is 143 Å². The van der Waals surface area contributed by atoms with Gasteiger partial charge in [-0.05, 0) is 24.3 Å². The lowest BCUT2D eigenvalue weighted by atomic mass is 10.1. The second-order valence-corrected chi connectivity index (χ2v) is 6.35. The molecule has 1 atom stereocenters. The zero-order chi connectivity index (χ0) is 16.9. The number of likely N-dealkylation sites (N-methyl/N-ethyl adjacent to an activating group) is 1.